The summed E-state index contributed by atoms with van der Waals surface area (Å²) in [4.78, 5) is 0. The minimum Gasteiger partial charge on any atom is 1.00 e. The van der Waals surface area contributed by atoms with Crippen LogP contribution in [-0.2, 0) is 116 Å². The van der Waals surface area contributed by atoms with Crippen molar-refractivity contribution in [1.29, 1.82) is 0 Å². The van der Waals surface area contributed by atoms with E-state index in [1.165, 1.54) is 11.1 Å². The molecule has 2 rings (SSSR count). The van der Waals surface area contributed by atoms with Crippen molar-refractivity contribution in [3.8, 4) is 11.5 Å². The van der Waals surface area contributed by atoms with Crippen molar-refractivity contribution < 1.29 is 133 Å². The molecule has 0 saturated carbocycles. The van der Waals surface area contributed by atoms with Crippen LogP contribution in [0, 0.1) is 10.8 Å². The predicted molar refractivity (Wildman–Crippen MR) is 422 cm³/mol. The SMILES string of the molecule is CC(C)(C)CC(C)(C)c1ccc(OCCOCCOCCOCCOCCOCCOCCOCCOCCOCCC[Si](C)(C)O[Si](C)(C)CCCOCCOCCOCCOCCOCCOCCOCCOCCOCCOc2ccc(C(C)(C)CC(C)(C)C)cc2)cc1.[BH4-].[Cl][Zr]([Cl])([Cl])[Cl].[Li+]. The third-order valence-electron chi connectivity index (χ3n) is 14.8. The second kappa shape index (κ2) is 66.8. The summed E-state index contributed by atoms with van der Waals surface area (Å²) in [5.41, 5.74) is 3.43. The zero-order valence-electron chi connectivity index (χ0n) is 66.3. The van der Waals surface area contributed by atoms with Gasteiger partial charge in [-0.3, -0.25) is 0 Å². The van der Waals surface area contributed by atoms with Gasteiger partial charge in [0.05, 0.1) is 225 Å². The van der Waals surface area contributed by atoms with E-state index >= 15 is 0 Å². The van der Waals surface area contributed by atoms with Crippen LogP contribution in [-0.4, -0.2) is 276 Å². The van der Waals surface area contributed by atoms with Crippen molar-refractivity contribution in [2.24, 2.45) is 10.8 Å². The first-order chi connectivity index (χ1) is 48.5. The van der Waals surface area contributed by atoms with Crippen molar-refractivity contribution in [1.82, 2.24) is 0 Å². The van der Waals surface area contributed by atoms with E-state index in [9.17, 15) is 0 Å². The van der Waals surface area contributed by atoms with Crippen LogP contribution in [0.3, 0.4) is 0 Å². The van der Waals surface area contributed by atoms with E-state index in [4.69, 9.17) is 133 Å². The zero-order valence-corrected chi connectivity index (χ0v) is 73.8. The molecule has 0 aliphatic rings. The Morgan fingerprint density at radius 3 is 0.587 bits per heavy atom. The first-order valence-corrected chi connectivity index (χ1v) is 55.7. The van der Waals surface area contributed by atoms with Crippen molar-refractivity contribution in [2.75, 3.05) is 251 Å². The summed E-state index contributed by atoms with van der Waals surface area (Å²) in [5, 5.41) is 0. The molecular formula is C74H142BCl4LiO21Si2Zr. The molecular weight excluding hydrogens is 1530 g/mol. The van der Waals surface area contributed by atoms with Gasteiger partial charge in [-0.2, -0.15) is 0 Å². The van der Waals surface area contributed by atoms with Gasteiger partial charge in [0.25, 0.3) is 0 Å². The molecule has 30 heteroatoms. The monoisotopic (exact) mass is 1670 g/mol. The van der Waals surface area contributed by atoms with Gasteiger partial charge in [-0.25, -0.2) is 0 Å². The van der Waals surface area contributed by atoms with Gasteiger partial charge in [0, 0.05) is 13.2 Å². The van der Waals surface area contributed by atoms with Crippen LogP contribution in [0.1, 0.15) is 106 Å². The molecule has 0 fully saturated rings. The molecule has 608 valence electrons. The minimum atomic E-state index is -3.29. The van der Waals surface area contributed by atoms with Crippen molar-refractivity contribution in [2.45, 2.75) is 144 Å². The topological polar surface area (TPSA) is 194 Å². The summed E-state index contributed by atoms with van der Waals surface area (Å²) in [6, 6.07) is 19.0. The molecule has 104 heavy (non-hydrogen) atoms. The summed E-state index contributed by atoms with van der Waals surface area (Å²) in [7, 11) is 16.5. The van der Waals surface area contributed by atoms with Crippen molar-refractivity contribution in [3.05, 3.63) is 59.7 Å². The molecule has 0 aromatic heterocycles. The number of hydrogen-bond donors (Lipinski definition) is 0. The second-order valence-corrected chi connectivity index (χ2v) is 60.5. The van der Waals surface area contributed by atoms with E-state index in [1.54, 1.807) is 0 Å². The smallest absolute Gasteiger partial charge is 1.00 e. The van der Waals surface area contributed by atoms with E-state index < -0.39 is 32.1 Å². The molecule has 0 atom stereocenters. The third kappa shape index (κ3) is 72.6. The normalized spacial score (nSPS) is 12.5. The fraction of sp³-hybridized carbons (Fsp3) is 0.838. The maximum atomic E-state index is 6.82. The molecule has 0 bridgehead atoms. The molecule has 0 saturated heterocycles. The van der Waals surface area contributed by atoms with Crippen LogP contribution in [0.2, 0.25) is 38.3 Å². The number of hydrogen-bond acceptors (Lipinski definition) is 21. The van der Waals surface area contributed by atoms with Crippen LogP contribution >= 0.6 is 34.1 Å². The summed E-state index contributed by atoms with van der Waals surface area (Å²) >= 11 is -3.29. The van der Waals surface area contributed by atoms with E-state index in [2.05, 4.69) is 120 Å². The molecule has 2 aromatic rings. The maximum absolute atomic E-state index is 6.82. The Hall–Kier alpha value is 0.419. The molecule has 0 N–H and O–H groups in total. The quantitative estimate of drug-likeness (QED) is 0.0448. The molecule has 0 amide bonds. The van der Waals surface area contributed by atoms with Gasteiger partial charge in [-0.15, -0.1) is 0 Å². The maximum Gasteiger partial charge on any atom is 1.00 e. The first-order valence-electron chi connectivity index (χ1n) is 36.8. The Labute approximate surface area is 664 Å². The molecule has 2 aromatic carbocycles. The van der Waals surface area contributed by atoms with Crippen LogP contribution in [0.15, 0.2) is 48.5 Å². The standard InChI is InChI=1S/C74H138O21Si2.BH4.4ClH.Li.Zr/c1-71(2,3)65-73(7,8)67-17-21-69(22-18-67)93-61-59-91-57-55-89-53-51-87-49-47-85-45-43-83-41-39-81-37-35-79-33-31-77-29-27-75-25-15-63-96(11,12)95-97(13,14)64-16-26-76-28-30-78-32-34-80-36-38-82-40-42-84-44-46-86-48-50-88-52-54-90-56-58-92-60-62-94-70-23-19-68(20-24-70)74(9,10)66-72(4,5)6;;;;;;;/h17-24H,15-16,25-66H2,1-14H3;1H4;4*1H;;/q;-1;;;;;+1;+4/p-4. The van der Waals surface area contributed by atoms with E-state index in [-0.39, 0.29) is 48.9 Å². The molecule has 21 nitrogen and oxygen atoms in total. The van der Waals surface area contributed by atoms with Gasteiger partial charge < -0.3 is 98.9 Å². The van der Waals surface area contributed by atoms with Crippen LogP contribution in [0.4, 0.5) is 0 Å². The zero-order chi connectivity index (χ0) is 75.4. The van der Waals surface area contributed by atoms with E-state index in [0.717, 1.165) is 49.3 Å². The Kier molecular flexibility index (Phi) is 68.4. The molecule has 0 aliphatic carbocycles. The summed E-state index contributed by atoms with van der Waals surface area (Å²) in [6.45, 7) is 52.0. The predicted octanol–water partition coefficient (Wildman–Crippen LogP) is 10.4. The van der Waals surface area contributed by atoms with Crippen LogP contribution in [0.25, 0.3) is 0 Å². The average molecular weight is 1670 g/mol. The van der Waals surface area contributed by atoms with Gasteiger partial charge in [0.2, 0.25) is 0 Å². The average Bonchev–Trinajstić information content (AvgIpc) is 0.847. The number of rotatable bonds is 70. The Morgan fingerprint density at radius 1 is 0.269 bits per heavy atom. The molecule has 0 radical (unpaired) electrons. The van der Waals surface area contributed by atoms with Crippen LogP contribution in [0.5, 0.6) is 11.5 Å². The van der Waals surface area contributed by atoms with Gasteiger partial charge in [-0.05, 0) is 121 Å². The fourth-order valence-corrected chi connectivity index (χ4v) is 19.9. The van der Waals surface area contributed by atoms with E-state index in [0.29, 0.717) is 251 Å². The van der Waals surface area contributed by atoms with Gasteiger partial charge in [0.15, 0.2) is 16.6 Å². The number of halogens is 4. The molecule has 0 unspecified atom stereocenters. The first kappa shape index (κ1) is 106. The third-order valence-corrected chi connectivity index (χ3v) is 22.4. The van der Waals surface area contributed by atoms with E-state index in [1.807, 2.05) is 24.3 Å². The molecule has 0 aliphatic heterocycles. The number of ether oxygens (including phenoxy) is 20. The van der Waals surface area contributed by atoms with Crippen molar-refractivity contribution >= 4 is 59.1 Å². The van der Waals surface area contributed by atoms with Gasteiger partial charge >= 0.3 is 68.4 Å². The minimum absolute atomic E-state index is 0. The fourth-order valence-electron chi connectivity index (χ4n) is 11.1. The Morgan fingerprint density at radius 2 is 0.423 bits per heavy atom. The Balaban J connectivity index is 0. The van der Waals surface area contributed by atoms with Gasteiger partial charge in [-0.1, -0.05) is 102 Å². The summed E-state index contributed by atoms with van der Waals surface area (Å²) in [5.74, 6) is 1.72. The molecule has 0 heterocycles. The van der Waals surface area contributed by atoms with Crippen molar-refractivity contribution in [3.63, 3.8) is 0 Å². The van der Waals surface area contributed by atoms with Crippen LogP contribution < -0.4 is 28.3 Å². The van der Waals surface area contributed by atoms with Gasteiger partial charge in [0.1, 0.15) is 24.7 Å². The largest absolute Gasteiger partial charge is 1.00 e. The summed E-state index contributed by atoms with van der Waals surface area (Å²) < 4.78 is 120. The second-order valence-electron chi connectivity index (χ2n) is 29.3. The molecule has 0 spiro atoms. The summed E-state index contributed by atoms with van der Waals surface area (Å²) in [6.07, 6.45) is 4.20. The number of benzene rings is 2. The Bertz CT molecular complexity index is 2050.